The van der Waals surface area contributed by atoms with Gasteiger partial charge < -0.3 is 14.7 Å². The average Bonchev–Trinajstić information content (AvgIpc) is 2.74. The predicted molar refractivity (Wildman–Crippen MR) is 60.5 cm³/mol. The van der Waals surface area contributed by atoms with E-state index < -0.39 is 0 Å². The molecule has 3 nitrogen and oxygen atoms in total. The summed E-state index contributed by atoms with van der Waals surface area (Å²) in [6, 6.07) is 6.05. The minimum absolute atomic E-state index is 0.569. The number of nitrogens with two attached hydrogens (primary N) is 1. The van der Waals surface area contributed by atoms with Gasteiger partial charge in [0.1, 0.15) is 5.76 Å². The molecule has 2 rings (SSSR count). The van der Waals surface area contributed by atoms with E-state index >= 15 is 0 Å². The minimum atomic E-state index is 0.569. The normalized spacial score (nSPS) is 10.9. The van der Waals surface area contributed by atoms with Gasteiger partial charge in [-0.1, -0.05) is 0 Å². The molecule has 0 saturated heterocycles. The first-order valence-corrected chi connectivity index (χ1v) is 5.05. The number of hydrogen-bond acceptors (Lipinski definition) is 2. The molecule has 0 aromatic carbocycles. The molecule has 2 N–H and O–H groups in total. The highest BCUT2D eigenvalue weighted by molar-refractivity contribution is 5.56. The summed E-state index contributed by atoms with van der Waals surface area (Å²) in [5, 5.41) is 0. The Morgan fingerprint density at radius 1 is 1.33 bits per heavy atom. The second-order valence-corrected chi connectivity index (χ2v) is 3.81. The SMILES string of the molecule is Cc1ccc(-c2cc(CN)c(C)n2C)o1. The van der Waals surface area contributed by atoms with Crippen molar-refractivity contribution in [3.05, 3.63) is 35.2 Å². The van der Waals surface area contributed by atoms with Crippen LogP contribution in [0.2, 0.25) is 0 Å². The number of hydrogen-bond donors (Lipinski definition) is 1. The highest BCUT2D eigenvalue weighted by atomic mass is 16.3. The van der Waals surface area contributed by atoms with Crippen molar-refractivity contribution in [2.45, 2.75) is 20.4 Å². The summed E-state index contributed by atoms with van der Waals surface area (Å²) in [4.78, 5) is 0. The fourth-order valence-electron chi connectivity index (χ4n) is 1.78. The smallest absolute Gasteiger partial charge is 0.150 e. The Balaban J connectivity index is 2.53. The third-order valence-corrected chi connectivity index (χ3v) is 2.85. The fraction of sp³-hybridized carbons (Fsp3) is 0.333. The van der Waals surface area contributed by atoms with Crippen molar-refractivity contribution < 1.29 is 4.42 Å². The van der Waals surface area contributed by atoms with E-state index in [0.717, 1.165) is 17.2 Å². The van der Waals surface area contributed by atoms with Gasteiger partial charge in [0.2, 0.25) is 0 Å². The lowest BCUT2D eigenvalue weighted by Crippen LogP contribution is -1.99. The Morgan fingerprint density at radius 3 is 2.53 bits per heavy atom. The molecule has 0 aliphatic carbocycles. The topological polar surface area (TPSA) is 44.1 Å². The van der Waals surface area contributed by atoms with E-state index in [1.807, 2.05) is 26.1 Å². The van der Waals surface area contributed by atoms with Gasteiger partial charge in [0.15, 0.2) is 5.76 Å². The molecule has 0 amide bonds. The van der Waals surface area contributed by atoms with Crippen LogP contribution in [0.4, 0.5) is 0 Å². The maximum atomic E-state index is 5.67. The summed E-state index contributed by atoms with van der Waals surface area (Å²) in [5.41, 5.74) is 9.12. The molecule has 0 fully saturated rings. The Bertz CT molecular complexity index is 480. The summed E-state index contributed by atoms with van der Waals surface area (Å²) < 4.78 is 7.71. The molecule has 3 heteroatoms. The monoisotopic (exact) mass is 204 g/mol. The number of aromatic nitrogens is 1. The van der Waals surface area contributed by atoms with Crippen LogP contribution in [0.25, 0.3) is 11.5 Å². The molecule has 2 aromatic heterocycles. The summed E-state index contributed by atoms with van der Waals surface area (Å²) in [5.74, 6) is 1.83. The summed E-state index contributed by atoms with van der Waals surface area (Å²) in [6.45, 7) is 4.59. The van der Waals surface area contributed by atoms with Crippen molar-refractivity contribution in [3.8, 4) is 11.5 Å². The molecule has 0 atom stereocenters. The van der Waals surface area contributed by atoms with Gasteiger partial charge in [0, 0.05) is 19.3 Å². The fourth-order valence-corrected chi connectivity index (χ4v) is 1.78. The van der Waals surface area contributed by atoms with Crippen LogP contribution < -0.4 is 5.73 Å². The molecule has 0 bridgehead atoms. The van der Waals surface area contributed by atoms with Crippen molar-refractivity contribution >= 4 is 0 Å². The molecule has 80 valence electrons. The van der Waals surface area contributed by atoms with E-state index in [9.17, 15) is 0 Å². The van der Waals surface area contributed by atoms with E-state index in [1.54, 1.807) is 0 Å². The number of nitrogens with zero attached hydrogens (tertiary/aromatic N) is 1. The van der Waals surface area contributed by atoms with E-state index in [2.05, 4.69) is 17.6 Å². The summed E-state index contributed by atoms with van der Waals surface area (Å²) in [7, 11) is 2.03. The van der Waals surface area contributed by atoms with Crippen LogP contribution in [-0.2, 0) is 13.6 Å². The predicted octanol–water partition coefficient (Wildman–Crippen LogP) is 2.36. The van der Waals surface area contributed by atoms with Gasteiger partial charge in [0.25, 0.3) is 0 Å². The van der Waals surface area contributed by atoms with Gasteiger partial charge in [-0.05, 0) is 37.6 Å². The van der Waals surface area contributed by atoms with Gasteiger partial charge >= 0.3 is 0 Å². The maximum absolute atomic E-state index is 5.67. The maximum Gasteiger partial charge on any atom is 0.150 e. The van der Waals surface area contributed by atoms with E-state index in [4.69, 9.17) is 10.2 Å². The highest BCUT2D eigenvalue weighted by Crippen LogP contribution is 2.26. The molecule has 0 saturated carbocycles. The largest absolute Gasteiger partial charge is 0.460 e. The molecular weight excluding hydrogens is 188 g/mol. The van der Waals surface area contributed by atoms with Crippen LogP contribution in [0.1, 0.15) is 17.0 Å². The first kappa shape index (κ1) is 10.1. The van der Waals surface area contributed by atoms with E-state index in [1.165, 1.54) is 11.3 Å². The van der Waals surface area contributed by atoms with Crippen LogP contribution in [0.3, 0.4) is 0 Å². The molecule has 2 aromatic rings. The molecule has 0 radical (unpaired) electrons. The standard InChI is InChI=1S/C12H16N2O/c1-8-4-5-12(15-8)11-6-10(7-13)9(2)14(11)3/h4-6H,7,13H2,1-3H3. The lowest BCUT2D eigenvalue weighted by Gasteiger charge is -2.02. The molecule has 0 spiro atoms. The van der Waals surface area contributed by atoms with Crippen molar-refractivity contribution in [3.63, 3.8) is 0 Å². The molecular formula is C12H16N2O. The number of rotatable bonds is 2. The second-order valence-electron chi connectivity index (χ2n) is 3.81. The van der Waals surface area contributed by atoms with E-state index in [-0.39, 0.29) is 0 Å². The summed E-state index contributed by atoms with van der Waals surface area (Å²) >= 11 is 0. The summed E-state index contributed by atoms with van der Waals surface area (Å²) in [6.07, 6.45) is 0. The second kappa shape index (κ2) is 3.59. The molecule has 0 aliphatic heterocycles. The van der Waals surface area contributed by atoms with Gasteiger partial charge in [-0.3, -0.25) is 0 Å². The van der Waals surface area contributed by atoms with Crippen LogP contribution in [0.15, 0.2) is 22.6 Å². The molecule has 0 aliphatic rings. The highest BCUT2D eigenvalue weighted by Gasteiger charge is 2.11. The zero-order chi connectivity index (χ0) is 11.0. The average molecular weight is 204 g/mol. The zero-order valence-corrected chi connectivity index (χ0v) is 9.37. The number of furan rings is 1. The van der Waals surface area contributed by atoms with Gasteiger partial charge in [-0.15, -0.1) is 0 Å². The zero-order valence-electron chi connectivity index (χ0n) is 9.37. The quantitative estimate of drug-likeness (QED) is 0.816. The van der Waals surface area contributed by atoms with Gasteiger partial charge in [-0.2, -0.15) is 0 Å². The van der Waals surface area contributed by atoms with Crippen LogP contribution in [-0.4, -0.2) is 4.57 Å². The van der Waals surface area contributed by atoms with Gasteiger partial charge in [-0.25, -0.2) is 0 Å². The lowest BCUT2D eigenvalue weighted by atomic mass is 10.2. The van der Waals surface area contributed by atoms with E-state index in [0.29, 0.717) is 6.54 Å². The van der Waals surface area contributed by atoms with Crippen molar-refractivity contribution in [2.24, 2.45) is 12.8 Å². The first-order valence-electron chi connectivity index (χ1n) is 5.05. The Kier molecular flexibility index (Phi) is 2.40. The van der Waals surface area contributed by atoms with Crippen molar-refractivity contribution in [1.82, 2.24) is 4.57 Å². The molecule has 15 heavy (non-hydrogen) atoms. The van der Waals surface area contributed by atoms with Crippen LogP contribution in [0.5, 0.6) is 0 Å². The molecule has 0 unspecified atom stereocenters. The van der Waals surface area contributed by atoms with Crippen molar-refractivity contribution in [1.29, 1.82) is 0 Å². The Morgan fingerprint density at radius 2 is 2.07 bits per heavy atom. The van der Waals surface area contributed by atoms with Crippen LogP contribution in [0, 0.1) is 13.8 Å². The van der Waals surface area contributed by atoms with Gasteiger partial charge in [0.05, 0.1) is 5.69 Å². The third kappa shape index (κ3) is 1.59. The van der Waals surface area contributed by atoms with Crippen LogP contribution >= 0.6 is 0 Å². The lowest BCUT2D eigenvalue weighted by molar-refractivity contribution is 0.543. The Hall–Kier alpha value is -1.48. The minimum Gasteiger partial charge on any atom is -0.460 e. The first-order chi connectivity index (χ1) is 7.13. The van der Waals surface area contributed by atoms with Crippen molar-refractivity contribution in [2.75, 3.05) is 0 Å². The third-order valence-electron chi connectivity index (χ3n) is 2.85. The number of aryl methyl sites for hydroxylation is 1. The molecule has 2 heterocycles. The Labute approximate surface area is 89.5 Å².